The number of rotatable bonds is 10. The first-order valence-electron chi connectivity index (χ1n) is 8.42. The quantitative estimate of drug-likeness (QED) is 0.478. The van der Waals surface area contributed by atoms with Crippen LogP contribution in [0, 0.1) is 0 Å². The standard InChI is InChI=1S/C22H26O2S/c1-5-19-7-11-21(12-8-19)15-23-17(3)25-18(4)24-16-22-13-9-20(6-2)10-14-22/h5-14,17-18H,1-2,15-16H2,3-4H3. The molecular formula is C22H26O2S. The van der Waals surface area contributed by atoms with Gasteiger partial charge in [0, 0.05) is 0 Å². The highest BCUT2D eigenvalue weighted by molar-refractivity contribution is 8.00. The molecule has 2 atom stereocenters. The smallest absolute Gasteiger partial charge is 0.103 e. The molecule has 132 valence electrons. The Kier molecular flexibility index (Phi) is 7.99. The van der Waals surface area contributed by atoms with Crippen molar-refractivity contribution in [2.24, 2.45) is 0 Å². The molecule has 25 heavy (non-hydrogen) atoms. The van der Waals surface area contributed by atoms with Crippen molar-refractivity contribution in [2.75, 3.05) is 0 Å². The van der Waals surface area contributed by atoms with Crippen LogP contribution in [0.4, 0.5) is 0 Å². The average Bonchev–Trinajstić information content (AvgIpc) is 2.65. The Bertz CT molecular complexity index is 602. The van der Waals surface area contributed by atoms with Crippen LogP contribution in [-0.4, -0.2) is 10.9 Å². The molecule has 0 aromatic heterocycles. The van der Waals surface area contributed by atoms with Crippen molar-refractivity contribution in [1.82, 2.24) is 0 Å². The van der Waals surface area contributed by atoms with E-state index in [0.29, 0.717) is 13.2 Å². The van der Waals surface area contributed by atoms with Crippen molar-refractivity contribution in [1.29, 1.82) is 0 Å². The van der Waals surface area contributed by atoms with Crippen LogP contribution in [0.15, 0.2) is 61.7 Å². The van der Waals surface area contributed by atoms with E-state index in [2.05, 4.69) is 51.3 Å². The number of ether oxygens (including phenoxy) is 2. The normalized spacial score (nSPS) is 13.2. The van der Waals surface area contributed by atoms with E-state index in [1.54, 1.807) is 11.8 Å². The van der Waals surface area contributed by atoms with E-state index in [1.807, 2.05) is 36.4 Å². The molecule has 0 fully saturated rings. The van der Waals surface area contributed by atoms with Crippen LogP contribution in [0.2, 0.25) is 0 Å². The predicted octanol–water partition coefficient (Wildman–Crippen LogP) is 6.13. The molecule has 0 N–H and O–H groups in total. The van der Waals surface area contributed by atoms with Gasteiger partial charge < -0.3 is 9.47 Å². The fraction of sp³-hybridized carbons (Fsp3) is 0.273. The fourth-order valence-corrected chi connectivity index (χ4v) is 3.11. The molecule has 3 heteroatoms. The van der Waals surface area contributed by atoms with Gasteiger partial charge in [-0.05, 0) is 36.1 Å². The Morgan fingerprint density at radius 2 is 1.12 bits per heavy atom. The Morgan fingerprint density at radius 1 is 0.760 bits per heavy atom. The molecule has 0 saturated heterocycles. The van der Waals surface area contributed by atoms with Crippen molar-refractivity contribution < 1.29 is 9.47 Å². The summed E-state index contributed by atoms with van der Waals surface area (Å²) in [6, 6.07) is 16.5. The van der Waals surface area contributed by atoms with Crippen LogP contribution in [0.1, 0.15) is 36.1 Å². The average molecular weight is 355 g/mol. The van der Waals surface area contributed by atoms with Crippen molar-refractivity contribution in [3.63, 3.8) is 0 Å². The van der Waals surface area contributed by atoms with E-state index < -0.39 is 0 Å². The van der Waals surface area contributed by atoms with Crippen LogP contribution < -0.4 is 0 Å². The molecule has 0 spiro atoms. The van der Waals surface area contributed by atoms with Crippen LogP contribution in [0.25, 0.3) is 12.2 Å². The molecule has 2 rings (SSSR count). The Morgan fingerprint density at radius 3 is 1.44 bits per heavy atom. The van der Waals surface area contributed by atoms with Crippen molar-refractivity contribution in [3.8, 4) is 0 Å². The lowest BCUT2D eigenvalue weighted by Crippen LogP contribution is -2.12. The molecule has 2 aromatic carbocycles. The summed E-state index contributed by atoms with van der Waals surface area (Å²) in [5, 5.41) is 0. The summed E-state index contributed by atoms with van der Waals surface area (Å²) in [7, 11) is 0. The maximum Gasteiger partial charge on any atom is 0.103 e. The molecule has 0 heterocycles. The molecule has 2 unspecified atom stereocenters. The lowest BCUT2D eigenvalue weighted by atomic mass is 10.1. The molecule has 0 aliphatic heterocycles. The first-order chi connectivity index (χ1) is 12.1. The van der Waals surface area contributed by atoms with Crippen LogP contribution in [0.5, 0.6) is 0 Å². The van der Waals surface area contributed by atoms with Crippen molar-refractivity contribution in [3.05, 3.63) is 83.9 Å². The monoisotopic (exact) mass is 354 g/mol. The van der Waals surface area contributed by atoms with Crippen molar-refractivity contribution in [2.45, 2.75) is 37.9 Å². The van der Waals surface area contributed by atoms with E-state index in [4.69, 9.17) is 9.47 Å². The lowest BCUT2D eigenvalue weighted by Gasteiger charge is -2.18. The minimum Gasteiger partial charge on any atom is -0.363 e. The summed E-state index contributed by atoms with van der Waals surface area (Å²) < 4.78 is 11.8. The van der Waals surface area contributed by atoms with E-state index >= 15 is 0 Å². The number of hydrogen-bond acceptors (Lipinski definition) is 3. The summed E-state index contributed by atoms with van der Waals surface area (Å²) in [5.41, 5.74) is 4.70. The lowest BCUT2D eigenvalue weighted by molar-refractivity contribution is 0.0907. The molecule has 0 aliphatic carbocycles. The Balaban J connectivity index is 1.70. The molecule has 0 amide bonds. The molecule has 0 aliphatic rings. The molecule has 2 nitrogen and oxygen atoms in total. The van der Waals surface area contributed by atoms with Gasteiger partial charge in [-0.3, -0.25) is 0 Å². The second-order valence-electron chi connectivity index (χ2n) is 5.78. The van der Waals surface area contributed by atoms with Gasteiger partial charge in [-0.15, -0.1) is 0 Å². The zero-order chi connectivity index (χ0) is 18.1. The highest BCUT2D eigenvalue weighted by atomic mass is 32.2. The number of hydrogen-bond donors (Lipinski definition) is 0. The van der Waals surface area contributed by atoms with Crippen LogP contribution in [0.3, 0.4) is 0 Å². The molecule has 2 aromatic rings. The summed E-state index contributed by atoms with van der Waals surface area (Å²) in [4.78, 5) is 0. The first-order valence-corrected chi connectivity index (χ1v) is 9.36. The van der Waals surface area contributed by atoms with E-state index in [9.17, 15) is 0 Å². The Hall–Kier alpha value is -1.81. The summed E-state index contributed by atoms with van der Waals surface area (Å²) in [5.74, 6) is 0. The minimum atomic E-state index is 0.0669. The second kappa shape index (κ2) is 10.2. The third-order valence-electron chi connectivity index (χ3n) is 3.78. The summed E-state index contributed by atoms with van der Waals surface area (Å²) in [6.45, 7) is 12.8. The van der Waals surface area contributed by atoms with E-state index in [0.717, 1.165) is 22.3 Å². The zero-order valence-corrected chi connectivity index (χ0v) is 15.8. The topological polar surface area (TPSA) is 18.5 Å². The SMILES string of the molecule is C=Cc1ccc(COC(C)SC(C)OCc2ccc(C=C)cc2)cc1. The third kappa shape index (κ3) is 6.91. The van der Waals surface area contributed by atoms with E-state index in [-0.39, 0.29) is 10.9 Å². The van der Waals surface area contributed by atoms with Gasteiger partial charge in [0.1, 0.15) is 10.9 Å². The number of benzene rings is 2. The maximum absolute atomic E-state index is 5.90. The van der Waals surface area contributed by atoms with Gasteiger partial charge in [-0.25, -0.2) is 0 Å². The Labute approximate surface area is 155 Å². The number of thioether (sulfide) groups is 1. The van der Waals surface area contributed by atoms with Gasteiger partial charge in [0.25, 0.3) is 0 Å². The minimum absolute atomic E-state index is 0.0669. The summed E-state index contributed by atoms with van der Waals surface area (Å²) >= 11 is 1.68. The largest absolute Gasteiger partial charge is 0.363 e. The maximum atomic E-state index is 5.90. The van der Waals surface area contributed by atoms with E-state index in [1.165, 1.54) is 0 Å². The van der Waals surface area contributed by atoms with Gasteiger partial charge in [-0.1, -0.05) is 85.6 Å². The molecule has 0 radical (unpaired) electrons. The van der Waals surface area contributed by atoms with Gasteiger partial charge in [-0.2, -0.15) is 0 Å². The van der Waals surface area contributed by atoms with Crippen molar-refractivity contribution >= 4 is 23.9 Å². The zero-order valence-electron chi connectivity index (χ0n) is 15.0. The van der Waals surface area contributed by atoms with Gasteiger partial charge in [0.15, 0.2) is 0 Å². The fourth-order valence-electron chi connectivity index (χ4n) is 2.28. The first kappa shape index (κ1) is 19.5. The summed E-state index contributed by atoms with van der Waals surface area (Å²) in [6.07, 6.45) is 3.68. The molecule has 0 saturated carbocycles. The van der Waals surface area contributed by atoms with Crippen LogP contribution in [-0.2, 0) is 22.7 Å². The highest BCUT2D eigenvalue weighted by Gasteiger charge is 2.10. The van der Waals surface area contributed by atoms with Gasteiger partial charge in [0.2, 0.25) is 0 Å². The second-order valence-corrected chi connectivity index (χ2v) is 7.38. The van der Waals surface area contributed by atoms with Gasteiger partial charge in [0.05, 0.1) is 13.2 Å². The molecule has 0 bridgehead atoms. The predicted molar refractivity (Wildman–Crippen MR) is 109 cm³/mol. The highest BCUT2D eigenvalue weighted by Crippen LogP contribution is 2.22. The van der Waals surface area contributed by atoms with Crippen LogP contribution >= 0.6 is 11.8 Å². The van der Waals surface area contributed by atoms with Gasteiger partial charge >= 0.3 is 0 Å². The third-order valence-corrected chi connectivity index (χ3v) is 4.82. The molecular weight excluding hydrogens is 328 g/mol.